The average Bonchev–Trinajstić information content (AvgIpc) is 3.12. The first-order chi connectivity index (χ1) is 8.17. The molecule has 0 aromatic heterocycles. The summed E-state index contributed by atoms with van der Waals surface area (Å²) in [6.45, 7) is 8.60. The number of nitrogens with one attached hydrogen (secondary N) is 1. The van der Waals surface area contributed by atoms with Gasteiger partial charge in [-0.3, -0.25) is 0 Å². The van der Waals surface area contributed by atoms with Crippen LogP contribution in [0.5, 0.6) is 0 Å². The zero-order chi connectivity index (χ0) is 12.7. The summed E-state index contributed by atoms with van der Waals surface area (Å²) in [6, 6.07) is 0.475. The van der Waals surface area contributed by atoms with E-state index in [1.807, 2.05) is 0 Å². The molecule has 0 aliphatic heterocycles. The molecule has 3 nitrogen and oxygen atoms in total. The van der Waals surface area contributed by atoms with Gasteiger partial charge in [0.25, 0.3) is 0 Å². The van der Waals surface area contributed by atoms with Crippen molar-refractivity contribution in [3.63, 3.8) is 0 Å². The quantitative estimate of drug-likeness (QED) is 0.618. The van der Waals surface area contributed by atoms with E-state index in [1.165, 1.54) is 25.7 Å². The van der Waals surface area contributed by atoms with E-state index in [-0.39, 0.29) is 6.10 Å². The van der Waals surface area contributed by atoms with Crippen LogP contribution >= 0.6 is 0 Å². The minimum Gasteiger partial charge on any atom is -0.389 e. The molecule has 2 N–H and O–H groups in total. The lowest BCUT2D eigenvalue weighted by Crippen LogP contribution is -2.39. The Morgan fingerprint density at radius 1 is 1.29 bits per heavy atom. The minimum atomic E-state index is -0.370. The average molecular weight is 243 g/mol. The molecule has 1 fully saturated rings. The summed E-state index contributed by atoms with van der Waals surface area (Å²) < 4.78 is 5.47. The van der Waals surface area contributed by atoms with Crippen molar-refractivity contribution in [3.8, 4) is 0 Å². The Morgan fingerprint density at radius 3 is 2.47 bits per heavy atom. The molecule has 0 aromatic rings. The molecule has 17 heavy (non-hydrogen) atoms. The third-order valence-corrected chi connectivity index (χ3v) is 3.79. The van der Waals surface area contributed by atoms with Gasteiger partial charge in [0.2, 0.25) is 0 Å². The first-order valence-corrected chi connectivity index (χ1v) is 7.16. The van der Waals surface area contributed by atoms with Gasteiger partial charge in [-0.1, -0.05) is 26.7 Å². The largest absolute Gasteiger partial charge is 0.389 e. The van der Waals surface area contributed by atoms with E-state index in [9.17, 15) is 5.11 Å². The lowest BCUT2D eigenvalue weighted by atomic mass is 9.95. The van der Waals surface area contributed by atoms with Gasteiger partial charge in [-0.25, -0.2) is 0 Å². The van der Waals surface area contributed by atoms with E-state index >= 15 is 0 Å². The Labute approximate surface area is 106 Å². The van der Waals surface area contributed by atoms with E-state index in [4.69, 9.17) is 4.74 Å². The van der Waals surface area contributed by atoms with Gasteiger partial charge in [-0.05, 0) is 31.6 Å². The summed E-state index contributed by atoms with van der Waals surface area (Å²) in [4.78, 5) is 0. The van der Waals surface area contributed by atoms with Gasteiger partial charge in [0.05, 0.1) is 12.7 Å². The molecule has 0 aromatic carbocycles. The van der Waals surface area contributed by atoms with Crippen molar-refractivity contribution in [3.05, 3.63) is 0 Å². The van der Waals surface area contributed by atoms with Crippen molar-refractivity contribution in [1.82, 2.24) is 5.32 Å². The van der Waals surface area contributed by atoms with Gasteiger partial charge in [-0.2, -0.15) is 0 Å². The molecule has 2 atom stereocenters. The number of hydrogen-bond donors (Lipinski definition) is 2. The number of aliphatic hydroxyl groups excluding tert-OH is 1. The van der Waals surface area contributed by atoms with Crippen LogP contribution in [0.3, 0.4) is 0 Å². The maximum Gasteiger partial charge on any atom is 0.0897 e. The lowest BCUT2D eigenvalue weighted by Gasteiger charge is -2.24. The molecular weight excluding hydrogens is 214 g/mol. The highest BCUT2D eigenvalue weighted by atomic mass is 16.5. The second kappa shape index (κ2) is 8.06. The maximum absolute atomic E-state index is 9.77. The molecule has 1 saturated carbocycles. The molecule has 0 spiro atoms. The van der Waals surface area contributed by atoms with Crippen molar-refractivity contribution < 1.29 is 9.84 Å². The Bertz CT molecular complexity index is 191. The molecule has 1 aliphatic carbocycles. The molecule has 0 saturated heterocycles. The zero-order valence-corrected chi connectivity index (χ0v) is 11.6. The molecule has 1 aliphatic rings. The molecule has 102 valence electrons. The van der Waals surface area contributed by atoms with Gasteiger partial charge in [0.1, 0.15) is 0 Å². The maximum atomic E-state index is 9.77. The second-order valence-corrected chi connectivity index (χ2v) is 5.41. The molecule has 0 radical (unpaired) electrons. The summed E-state index contributed by atoms with van der Waals surface area (Å²) in [6.07, 6.45) is 4.63. The highest BCUT2D eigenvalue weighted by Gasteiger charge is 2.21. The Morgan fingerprint density at radius 2 is 1.94 bits per heavy atom. The van der Waals surface area contributed by atoms with E-state index in [1.54, 1.807) is 0 Å². The van der Waals surface area contributed by atoms with Crippen LogP contribution in [0.15, 0.2) is 0 Å². The summed E-state index contributed by atoms with van der Waals surface area (Å²) >= 11 is 0. The highest BCUT2D eigenvalue weighted by Crippen LogP contribution is 2.28. The second-order valence-electron chi connectivity index (χ2n) is 5.41. The molecular formula is C14H29NO2. The van der Waals surface area contributed by atoms with Crippen molar-refractivity contribution in [2.45, 2.75) is 58.6 Å². The fourth-order valence-corrected chi connectivity index (χ4v) is 2.20. The fraction of sp³-hybridized carbons (Fsp3) is 1.00. The predicted octanol–water partition coefficient (Wildman–Crippen LogP) is 2.19. The monoisotopic (exact) mass is 243 g/mol. The normalized spacial score (nSPS) is 19.6. The Hall–Kier alpha value is -0.120. The van der Waals surface area contributed by atoms with E-state index in [2.05, 4.69) is 26.1 Å². The van der Waals surface area contributed by atoms with Crippen LogP contribution in [0.25, 0.3) is 0 Å². The summed E-state index contributed by atoms with van der Waals surface area (Å²) in [5.41, 5.74) is 0. The lowest BCUT2D eigenvalue weighted by molar-refractivity contribution is 0.0305. The van der Waals surface area contributed by atoms with Crippen molar-refractivity contribution >= 4 is 0 Å². The van der Waals surface area contributed by atoms with Crippen molar-refractivity contribution in [1.29, 1.82) is 0 Å². The van der Waals surface area contributed by atoms with Crippen LogP contribution in [-0.4, -0.2) is 37.0 Å². The Kier molecular flexibility index (Phi) is 7.09. The van der Waals surface area contributed by atoms with Crippen LogP contribution in [0.4, 0.5) is 0 Å². The number of rotatable bonds is 10. The van der Waals surface area contributed by atoms with Crippen LogP contribution < -0.4 is 5.32 Å². The minimum absolute atomic E-state index is 0.370. The van der Waals surface area contributed by atoms with Gasteiger partial charge in [0, 0.05) is 19.2 Å². The van der Waals surface area contributed by atoms with Crippen molar-refractivity contribution in [2.24, 2.45) is 11.8 Å². The molecule has 0 bridgehead atoms. The summed E-state index contributed by atoms with van der Waals surface area (Å²) in [5.74, 6) is 1.48. The first-order valence-electron chi connectivity index (χ1n) is 7.16. The topological polar surface area (TPSA) is 41.5 Å². The number of ether oxygens (including phenoxy) is 1. The van der Waals surface area contributed by atoms with E-state index < -0.39 is 0 Å². The Balaban J connectivity index is 2.02. The third-order valence-electron chi connectivity index (χ3n) is 3.79. The fourth-order valence-electron chi connectivity index (χ4n) is 2.20. The summed E-state index contributed by atoms with van der Waals surface area (Å²) in [5, 5.41) is 13.2. The molecule has 0 heterocycles. The SMILES string of the molecule is CCC(CC)C(C)NCC(O)COCC1CC1. The summed E-state index contributed by atoms with van der Waals surface area (Å²) in [7, 11) is 0. The van der Waals surface area contributed by atoms with Gasteiger partial charge in [-0.15, -0.1) is 0 Å². The first kappa shape index (κ1) is 14.9. The van der Waals surface area contributed by atoms with E-state index in [0.29, 0.717) is 25.1 Å². The predicted molar refractivity (Wildman–Crippen MR) is 71.1 cm³/mol. The van der Waals surface area contributed by atoms with Crippen LogP contribution in [0.1, 0.15) is 46.5 Å². The van der Waals surface area contributed by atoms with Crippen LogP contribution in [0, 0.1) is 11.8 Å². The van der Waals surface area contributed by atoms with Crippen LogP contribution in [0.2, 0.25) is 0 Å². The standard InChI is InChI=1S/C14H29NO2/c1-4-13(5-2)11(3)15-8-14(16)10-17-9-12-6-7-12/h11-16H,4-10H2,1-3H3. The molecule has 3 heteroatoms. The number of hydrogen-bond acceptors (Lipinski definition) is 3. The van der Waals surface area contributed by atoms with Gasteiger partial charge in [0.15, 0.2) is 0 Å². The zero-order valence-electron chi connectivity index (χ0n) is 11.6. The molecule has 1 rings (SSSR count). The van der Waals surface area contributed by atoms with Crippen LogP contribution in [-0.2, 0) is 4.74 Å². The smallest absolute Gasteiger partial charge is 0.0897 e. The van der Waals surface area contributed by atoms with Crippen molar-refractivity contribution in [2.75, 3.05) is 19.8 Å². The highest BCUT2D eigenvalue weighted by molar-refractivity contribution is 4.74. The number of aliphatic hydroxyl groups is 1. The van der Waals surface area contributed by atoms with E-state index in [0.717, 1.165) is 12.5 Å². The van der Waals surface area contributed by atoms with Gasteiger partial charge < -0.3 is 15.2 Å². The molecule has 2 unspecified atom stereocenters. The third kappa shape index (κ3) is 6.39. The molecule has 0 amide bonds. The van der Waals surface area contributed by atoms with Gasteiger partial charge >= 0.3 is 0 Å².